The second kappa shape index (κ2) is 13.9. The molecule has 55 heavy (non-hydrogen) atoms. The van der Waals surface area contributed by atoms with Crippen LogP contribution in [0.2, 0.25) is 0 Å². The minimum atomic E-state index is 0.689. The van der Waals surface area contributed by atoms with Gasteiger partial charge in [-0.25, -0.2) is 9.97 Å². The SMILES string of the molecule is c1ccc(-c2ccc(-c3nc(-c4ccc(-c5cccc(-c6ccccc6)c5)cc4)cc(-c4cccc(-n5c6ccccc6c6ccccc65)c4)n3)cc2)cc1. The summed E-state index contributed by atoms with van der Waals surface area (Å²) in [7, 11) is 0. The van der Waals surface area contributed by atoms with Gasteiger partial charge < -0.3 is 4.57 Å². The molecule has 3 heteroatoms. The third-order valence-corrected chi connectivity index (χ3v) is 10.4. The Hall–Kier alpha value is -7.36. The average Bonchev–Trinajstić information content (AvgIpc) is 3.61. The summed E-state index contributed by atoms with van der Waals surface area (Å²) in [6.07, 6.45) is 0. The summed E-state index contributed by atoms with van der Waals surface area (Å²) in [6.45, 7) is 0. The van der Waals surface area contributed by atoms with Crippen molar-refractivity contribution in [2.75, 3.05) is 0 Å². The lowest BCUT2D eigenvalue weighted by Gasteiger charge is -2.13. The highest BCUT2D eigenvalue weighted by molar-refractivity contribution is 6.09. The molecule has 0 atom stereocenters. The van der Waals surface area contributed by atoms with Crippen LogP contribution in [0.3, 0.4) is 0 Å². The number of aromatic nitrogens is 3. The Bertz CT molecular complexity index is 2890. The van der Waals surface area contributed by atoms with Gasteiger partial charge in [0.05, 0.1) is 22.4 Å². The highest BCUT2D eigenvalue weighted by Crippen LogP contribution is 2.35. The molecule has 2 aromatic heterocycles. The van der Waals surface area contributed by atoms with Crippen LogP contribution in [0.4, 0.5) is 0 Å². The van der Waals surface area contributed by atoms with Crippen molar-refractivity contribution < 1.29 is 0 Å². The van der Waals surface area contributed by atoms with Gasteiger partial charge in [0.2, 0.25) is 0 Å². The molecular formula is C52H35N3. The number of hydrogen-bond acceptors (Lipinski definition) is 2. The van der Waals surface area contributed by atoms with E-state index in [0.29, 0.717) is 5.82 Å². The maximum Gasteiger partial charge on any atom is 0.160 e. The summed E-state index contributed by atoms with van der Waals surface area (Å²) < 4.78 is 2.35. The van der Waals surface area contributed by atoms with Crippen molar-refractivity contribution >= 4 is 21.8 Å². The van der Waals surface area contributed by atoms with Gasteiger partial charge in [0.15, 0.2) is 5.82 Å². The number of benzene rings is 8. The third-order valence-electron chi connectivity index (χ3n) is 10.4. The molecule has 0 N–H and O–H groups in total. The van der Waals surface area contributed by atoms with Gasteiger partial charge in [-0.1, -0.05) is 176 Å². The van der Waals surface area contributed by atoms with Gasteiger partial charge in [0.1, 0.15) is 0 Å². The predicted octanol–water partition coefficient (Wildman–Crippen LogP) is 13.6. The smallest absolute Gasteiger partial charge is 0.160 e. The Morgan fingerprint density at radius 3 is 1.31 bits per heavy atom. The van der Waals surface area contributed by atoms with Crippen LogP contribution in [0.15, 0.2) is 212 Å². The molecule has 0 aliphatic heterocycles. The summed E-state index contributed by atoms with van der Waals surface area (Å²) in [6, 6.07) is 75.1. The summed E-state index contributed by atoms with van der Waals surface area (Å²) in [5, 5.41) is 2.48. The Morgan fingerprint density at radius 1 is 0.273 bits per heavy atom. The van der Waals surface area contributed by atoms with E-state index in [1.165, 1.54) is 44.1 Å². The van der Waals surface area contributed by atoms with Crippen LogP contribution < -0.4 is 0 Å². The monoisotopic (exact) mass is 701 g/mol. The van der Waals surface area contributed by atoms with Crippen molar-refractivity contribution in [2.45, 2.75) is 0 Å². The van der Waals surface area contributed by atoms with Gasteiger partial charge in [0.25, 0.3) is 0 Å². The van der Waals surface area contributed by atoms with E-state index in [9.17, 15) is 0 Å². The normalized spacial score (nSPS) is 11.3. The quantitative estimate of drug-likeness (QED) is 0.166. The van der Waals surface area contributed by atoms with E-state index in [2.05, 4.69) is 211 Å². The minimum absolute atomic E-state index is 0.689. The number of nitrogens with zero attached hydrogens (tertiary/aromatic N) is 3. The number of fused-ring (bicyclic) bond motifs is 3. The van der Waals surface area contributed by atoms with E-state index in [0.717, 1.165) is 44.9 Å². The Balaban J connectivity index is 1.07. The van der Waals surface area contributed by atoms with Crippen LogP contribution >= 0.6 is 0 Å². The van der Waals surface area contributed by atoms with Crippen molar-refractivity contribution in [1.82, 2.24) is 14.5 Å². The van der Waals surface area contributed by atoms with Crippen molar-refractivity contribution in [3.8, 4) is 73.0 Å². The van der Waals surface area contributed by atoms with Crippen LogP contribution in [-0.4, -0.2) is 14.5 Å². The van der Waals surface area contributed by atoms with Crippen LogP contribution in [0, 0.1) is 0 Å². The van der Waals surface area contributed by atoms with Crippen LogP contribution in [-0.2, 0) is 0 Å². The average molecular weight is 702 g/mol. The first-order valence-electron chi connectivity index (χ1n) is 18.7. The molecule has 0 fully saturated rings. The standard InChI is InChI=1S/C52H35N3/c1-3-13-36(14-4-1)38-27-31-41(32-28-38)52-53-48(40-29-25-39(26-30-40)43-18-11-17-42(33-43)37-15-5-2-6-16-37)35-49(54-52)44-19-12-20-45(34-44)55-50-23-9-7-21-46(50)47-22-8-10-24-51(47)55/h1-35H. The summed E-state index contributed by atoms with van der Waals surface area (Å²) in [4.78, 5) is 10.4. The number of hydrogen-bond donors (Lipinski definition) is 0. The topological polar surface area (TPSA) is 30.7 Å². The van der Waals surface area contributed by atoms with Gasteiger partial charge in [-0.3, -0.25) is 0 Å². The fourth-order valence-corrected chi connectivity index (χ4v) is 7.66. The van der Waals surface area contributed by atoms with Crippen molar-refractivity contribution in [3.05, 3.63) is 212 Å². The zero-order chi connectivity index (χ0) is 36.6. The molecule has 0 unspecified atom stereocenters. The lowest BCUT2D eigenvalue weighted by Crippen LogP contribution is -1.98. The molecule has 10 aromatic rings. The zero-order valence-corrected chi connectivity index (χ0v) is 30.0. The van der Waals surface area contributed by atoms with Gasteiger partial charge in [-0.2, -0.15) is 0 Å². The van der Waals surface area contributed by atoms with E-state index in [4.69, 9.17) is 9.97 Å². The first-order valence-corrected chi connectivity index (χ1v) is 18.7. The zero-order valence-electron chi connectivity index (χ0n) is 30.0. The number of para-hydroxylation sites is 2. The number of rotatable bonds is 7. The first kappa shape index (κ1) is 32.3. The molecule has 0 spiro atoms. The molecule has 10 rings (SSSR count). The first-order chi connectivity index (χ1) is 27.2. The van der Waals surface area contributed by atoms with E-state index in [1.807, 2.05) is 6.07 Å². The Labute approximate surface area is 320 Å². The van der Waals surface area contributed by atoms with Gasteiger partial charge >= 0.3 is 0 Å². The van der Waals surface area contributed by atoms with E-state index < -0.39 is 0 Å². The van der Waals surface area contributed by atoms with Crippen LogP contribution in [0.5, 0.6) is 0 Å². The Kier molecular flexibility index (Phi) is 8.16. The summed E-state index contributed by atoms with van der Waals surface area (Å²) in [5.41, 5.74) is 15.3. The highest BCUT2D eigenvalue weighted by Gasteiger charge is 2.15. The second-order valence-corrected chi connectivity index (χ2v) is 13.8. The molecule has 0 aliphatic rings. The molecule has 0 saturated heterocycles. The maximum atomic E-state index is 5.23. The maximum absolute atomic E-state index is 5.23. The van der Waals surface area contributed by atoms with Gasteiger partial charge in [0, 0.05) is 33.2 Å². The fourth-order valence-electron chi connectivity index (χ4n) is 7.66. The molecule has 0 radical (unpaired) electrons. The molecule has 0 bridgehead atoms. The van der Waals surface area contributed by atoms with Crippen molar-refractivity contribution in [1.29, 1.82) is 0 Å². The van der Waals surface area contributed by atoms with Gasteiger partial charge in [-0.05, 0) is 69.8 Å². The minimum Gasteiger partial charge on any atom is -0.309 e. The van der Waals surface area contributed by atoms with Crippen LogP contribution in [0.25, 0.3) is 94.8 Å². The molecule has 258 valence electrons. The summed E-state index contributed by atoms with van der Waals surface area (Å²) in [5.74, 6) is 0.689. The van der Waals surface area contributed by atoms with Crippen molar-refractivity contribution in [3.63, 3.8) is 0 Å². The summed E-state index contributed by atoms with van der Waals surface area (Å²) >= 11 is 0. The Morgan fingerprint density at radius 2 is 0.691 bits per heavy atom. The van der Waals surface area contributed by atoms with E-state index in [1.54, 1.807) is 0 Å². The lowest BCUT2D eigenvalue weighted by molar-refractivity contribution is 1.16. The van der Waals surface area contributed by atoms with E-state index >= 15 is 0 Å². The fraction of sp³-hybridized carbons (Fsp3) is 0. The molecule has 2 heterocycles. The highest BCUT2D eigenvalue weighted by atomic mass is 15.0. The van der Waals surface area contributed by atoms with E-state index in [-0.39, 0.29) is 0 Å². The largest absolute Gasteiger partial charge is 0.309 e. The molecule has 3 nitrogen and oxygen atoms in total. The third kappa shape index (κ3) is 6.18. The lowest BCUT2D eigenvalue weighted by atomic mass is 9.98. The van der Waals surface area contributed by atoms with Gasteiger partial charge in [-0.15, -0.1) is 0 Å². The predicted molar refractivity (Wildman–Crippen MR) is 229 cm³/mol. The molecule has 0 aliphatic carbocycles. The van der Waals surface area contributed by atoms with Crippen molar-refractivity contribution in [2.24, 2.45) is 0 Å². The second-order valence-electron chi connectivity index (χ2n) is 13.8. The molecule has 0 amide bonds. The molecule has 0 saturated carbocycles. The molecular weight excluding hydrogens is 667 g/mol. The molecule has 8 aromatic carbocycles. The van der Waals surface area contributed by atoms with Crippen LogP contribution in [0.1, 0.15) is 0 Å².